The SMILES string of the molecule is CCCCNC(=O)[C@H](CC)N(Cc1ccc(Cl)cc1)C(=O)CN(c1cccc(Cl)c1)S(=O)(=O)c1ccccc1. The number of carbonyl (C=O) groups excluding carboxylic acids is 2. The molecule has 0 bridgehead atoms. The van der Waals surface area contributed by atoms with Gasteiger partial charge in [0, 0.05) is 23.1 Å². The lowest BCUT2D eigenvalue weighted by atomic mass is 10.1. The molecule has 3 aromatic carbocycles. The molecule has 0 unspecified atom stereocenters. The van der Waals surface area contributed by atoms with Crippen molar-refractivity contribution in [2.24, 2.45) is 0 Å². The van der Waals surface area contributed by atoms with Crippen LogP contribution in [0.15, 0.2) is 83.8 Å². The molecular weight excluding hydrogens is 557 g/mol. The van der Waals surface area contributed by atoms with Gasteiger partial charge >= 0.3 is 0 Å². The maximum Gasteiger partial charge on any atom is 0.264 e. The first-order valence-electron chi connectivity index (χ1n) is 12.8. The second kappa shape index (κ2) is 14.4. The molecule has 0 saturated carbocycles. The third-order valence-corrected chi connectivity index (χ3v) is 8.46. The van der Waals surface area contributed by atoms with Crippen LogP contribution in [0, 0.1) is 0 Å². The van der Waals surface area contributed by atoms with Crippen molar-refractivity contribution >= 4 is 50.7 Å². The fraction of sp³-hybridized carbons (Fsp3) is 0.310. The normalized spacial score (nSPS) is 12.0. The number of anilines is 1. The van der Waals surface area contributed by atoms with Gasteiger partial charge in [-0.15, -0.1) is 0 Å². The molecule has 0 saturated heterocycles. The average Bonchev–Trinajstić information content (AvgIpc) is 2.93. The summed E-state index contributed by atoms with van der Waals surface area (Å²) in [6.45, 7) is 3.92. The number of rotatable bonds is 13. The molecule has 0 aromatic heterocycles. The van der Waals surface area contributed by atoms with E-state index in [0.29, 0.717) is 23.0 Å². The monoisotopic (exact) mass is 589 g/mol. The summed E-state index contributed by atoms with van der Waals surface area (Å²) in [7, 11) is -4.14. The number of carbonyl (C=O) groups is 2. The van der Waals surface area contributed by atoms with Gasteiger partial charge in [0.1, 0.15) is 12.6 Å². The molecule has 208 valence electrons. The third kappa shape index (κ3) is 8.21. The molecule has 10 heteroatoms. The van der Waals surface area contributed by atoms with Crippen LogP contribution in [0.1, 0.15) is 38.7 Å². The minimum absolute atomic E-state index is 0.0337. The van der Waals surface area contributed by atoms with Crippen LogP contribution in [-0.4, -0.2) is 44.3 Å². The lowest BCUT2D eigenvalue weighted by Crippen LogP contribution is -2.52. The number of amides is 2. The van der Waals surface area contributed by atoms with Gasteiger partial charge < -0.3 is 10.2 Å². The fourth-order valence-corrected chi connectivity index (χ4v) is 5.83. The van der Waals surface area contributed by atoms with Crippen molar-refractivity contribution in [3.05, 3.63) is 94.5 Å². The lowest BCUT2D eigenvalue weighted by Gasteiger charge is -2.33. The molecule has 1 atom stereocenters. The van der Waals surface area contributed by atoms with Crippen molar-refractivity contribution in [3.8, 4) is 0 Å². The first-order valence-corrected chi connectivity index (χ1v) is 15.0. The van der Waals surface area contributed by atoms with Crippen molar-refractivity contribution in [2.45, 2.75) is 50.6 Å². The van der Waals surface area contributed by atoms with Crippen molar-refractivity contribution in [1.82, 2.24) is 10.2 Å². The smallest absolute Gasteiger partial charge is 0.264 e. The van der Waals surface area contributed by atoms with E-state index in [-0.39, 0.29) is 23.0 Å². The number of halogens is 2. The number of unbranched alkanes of at least 4 members (excludes halogenated alkanes) is 1. The zero-order chi connectivity index (χ0) is 28.4. The first kappa shape index (κ1) is 30.5. The predicted octanol–water partition coefficient (Wildman–Crippen LogP) is 5.91. The van der Waals surface area contributed by atoms with Crippen molar-refractivity contribution in [3.63, 3.8) is 0 Å². The topological polar surface area (TPSA) is 86.8 Å². The Kier molecular flexibility index (Phi) is 11.2. The molecule has 0 aliphatic heterocycles. The summed E-state index contributed by atoms with van der Waals surface area (Å²) in [6.07, 6.45) is 2.07. The Bertz CT molecular complexity index is 1350. The number of nitrogens with zero attached hydrogens (tertiary/aromatic N) is 2. The molecule has 0 aliphatic carbocycles. The van der Waals surface area contributed by atoms with Gasteiger partial charge in [0.05, 0.1) is 10.6 Å². The van der Waals surface area contributed by atoms with Crippen LogP contribution in [0.25, 0.3) is 0 Å². The summed E-state index contributed by atoms with van der Waals surface area (Å²) in [5.74, 6) is -0.810. The van der Waals surface area contributed by atoms with Crippen LogP contribution in [0.2, 0.25) is 10.0 Å². The highest BCUT2D eigenvalue weighted by atomic mass is 35.5. The number of benzene rings is 3. The maximum atomic E-state index is 14.0. The molecule has 1 N–H and O–H groups in total. The zero-order valence-electron chi connectivity index (χ0n) is 22.0. The van der Waals surface area contributed by atoms with Gasteiger partial charge in [-0.05, 0) is 60.9 Å². The Hall–Kier alpha value is -3.07. The van der Waals surface area contributed by atoms with Crippen molar-refractivity contribution in [2.75, 3.05) is 17.4 Å². The fourth-order valence-electron chi connectivity index (χ4n) is 4.09. The quantitative estimate of drug-likeness (QED) is 0.251. The number of nitrogens with one attached hydrogen (secondary N) is 1. The number of hydrogen-bond acceptors (Lipinski definition) is 4. The van der Waals surface area contributed by atoms with Crippen LogP contribution in [0.4, 0.5) is 5.69 Å². The van der Waals surface area contributed by atoms with E-state index in [1.807, 2.05) is 13.8 Å². The van der Waals surface area contributed by atoms with E-state index in [9.17, 15) is 18.0 Å². The highest BCUT2D eigenvalue weighted by molar-refractivity contribution is 7.92. The van der Waals surface area contributed by atoms with Crippen LogP contribution < -0.4 is 9.62 Å². The van der Waals surface area contributed by atoms with Gasteiger partial charge in [0.25, 0.3) is 10.0 Å². The van der Waals surface area contributed by atoms with Gasteiger partial charge in [-0.25, -0.2) is 8.42 Å². The zero-order valence-corrected chi connectivity index (χ0v) is 24.3. The third-order valence-electron chi connectivity index (χ3n) is 6.19. The highest BCUT2D eigenvalue weighted by Crippen LogP contribution is 2.27. The summed E-state index contributed by atoms with van der Waals surface area (Å²) in [6, 6.07) is 20.4. The van der Waals surface area contributed by atoms with Crippen LogP contribution in [0.5, 0.6) is 0 Å². The Labute approximate surface area is 240 Å². The molecule has 0 heterocycles. The Balaban J connectivity index is 2.02. The largest absolute Gasteiger partial charge is 0.354 e. The van der Waals surface area contributed by atoms with E-state index in [1.165, 1.54) is 23.1 Å². The summed E-state index contributed by atoms with van der Waals surface area (Å²) in [4.78, 5) is 28.6. The van der Waals surface area contributed by atoms with E-state index in [2.05, 4.69) is 5.32 Å². The number of hydrogen-bond donors (Lipinski definition) is 1. The van der Waals surface area contributed by atoms with Gasteiger partial charge in [-0.1, -0.05) is 79.9 Å². The summed E-state index contributed by atoms with van der Waals surface area (Å²) < 4.78 is 28.6. The maximum absolute atomic E-state index is 14.0. The molecular formula is C29H33Cl2N3O4S. The van der Waals surface area contributed by atoms with Crippen LogP contribution in [0.3, 0.4) is 0 Å². The van der Waals surface area contributed by atoms with E-state index in [0.717, 1.165) is 22.7 Å². The molecule has 0 aliphatic rings. The first-order chi connectivity index (χ1) is 18.7. The highest BCUT2D eigenvalue weighted by Gasteiger charge is 2.33. The van der Waals surface area contributed by atoms with Gasteiger partial charge in [-0.2, -0.15) is 0 Å². The molecule has 0 fully saturated rings. The average molecular weight is 591 g/mol. The Morgan fingerprint density at radius 2 is 1.59 bits per heavy atom. The molecule has 3 aromatic rings. The van der Waals surface area contributed by atoms with E-state index >= 15 is 0 Å². The molecule has 2 amide bonds. The van der Waals surface area contributed by atoms with Gasteiger partial charge in [0.15, 0.2) is 0 Å². The van der Waals surface area contributed by atoms with Gasteiger partial charge in [-0.3, -0.25) is 13.9 Å². The van der Waals surface area contributed by atoms with Crippen molar-refractivity contribution < 1.29 is 18.0 Å². The van der Waals surface area contributed by atoms with Gasteiger partial charge in [0.2, 0.25) is 11.8 Å². The minimum atomic E-state index is -4.14. The molecule has 0 spiro atoms. The summed E-state index contributed by atoms with van der Waals surface area (Å²) in [5, 5.41) is 3.78. The predicted molar refractivity (Wildman–Crippen MR) is 156 cm³/mol. The molecule has 39 heavy (non-hydrogen) atoms. The van der Waals surface area contributed by atoms with E-state index < -0.39 is 28.5 Å². The van der Waals surface area contributed by atoms with Crippen molar-refractivity contribution in [1.29, 1.82) is 0 Å². The second-order valence-corrected chi connectivity index (χ2v) is 11.8. The Morgan fingerprint density at radius 3 is 2.21 bits per heavy atom. The van der Waals surface area contributed by atoms with Crippen LogP contribution >= 0.6 is 23.2 Å². The standard InChI is InChI=1S/C29H33Cl2N3O4S/c1-3-5-18-32-29(36)27(4-2)33(20-22-14-16-23(30)17-15-22)28(35)21-34(25-11-9-10-24(31)19-25)39(37,38)26-12-7-6-8-13-26/h6-17,19,27H,3-5,18,20-21H2,1-2H3,(H,32,36)/t27-/m0/s1. The molecule has 3 rings (SSSR count). The summed E-state index contributed by atoms with van der Waals surface area (Å²) in [5.41, 5.74) is 0.999. The van der Waals surface area contributed by atoms with Crippen LogP contribution in [-0.2, 0) is 26.2 Å². The van der Waals surface area contributed by atoms with E-state index in [4.69, 9.17) is 23.2 Å². The number of sulfonamides is 1. The molecule has 0 radical (unpaired) electrons. The van der Waals surface area contributed by atoms with E-state index in [1.54, 1.807) is 60.7 Å². The Morgan fingerprint density at radius 1 is 0.897 bits per heavy atom. The minimum Gasteiger partial charge on any atom is -0.354 e. The lowest BCUT2D eigenvalue weighted by molar-refractivity contribution is -0.140. The summed E-state index contributed by atoms with van der Waals surface area (Å²) >= 11 is 12.2. The molecule has 7 nitrogen and oxygen atoms in total. The second-order valence-electron chi connectivity index (χ2n) is 9.02.